The van der Waals surface area contributed by atoms with Crippen molar-refractivity contribution in [2.75, 3.05) is 12.4 Å². The van der Waals surface area contributed by atoms with Gasteiger partial charge in [-0.1, -0.05) is 23.7 Å². The van der Waals surface area contributed by atoms with E-state index in [-0.39, 0.29) is 22.9 Å². The van der Waals surface area contributed by atoms with Crippen molar-refractivity contribution in [3.05, 3.63) is 91.9 Å². The van der Waals surface area contributed by atoms with Gasteiger partial charge >= 0.3 is 0 Å². The van der Waals surface area contributed by atoms with E-state index in [0.717, 1.165) is 28.9 Å². The summed E-state index contributed by atoms with van der Waals surface area (Å²) < 4.78 is 33.9. The molecule has 2 aromatic carbocycles. The highest BCUT2D eigenvalue weighted by Crippen LogP contribution is 2.24. The average molecular weight is 419 g/mol. The van der Waals surface area contributed by atoms with Crippen LogP contribution in [0.5, 0.6) is 5.75 Å². The van der Waals surface area contributed by atoms with Gasteiger partial charge < -0.3 is 14.6 Å². The van der Waals surface area contributed by atoms with Gasteiger partial charge in [0.2, 0.25) is 0 Å². The van der Waals surface area contributed by atoms with Crippen LogP contribution in [0, 0.1) is 25.5 Å². The van der Waals surface area contributed by atoms with Crippen LogP contribution in [0.2, 0.25) is 5.02 Å². The van der Waals surface area contributed by atoms with E-state index in [1.165, 1.54) is 6.07 Å². The third kappa shape index (κ3) is 4.59. The summed E-state index contributed by atoms with van der Waals surface area (Å²) in [6, 6.07) is 10.8. The Balaban J connectivity index is 1.84. The number of hydrogen-bond acceptors (Lipinski definition) is 3. The summed E-state index contributed by atoms with van der Waals surface area (Å²) in [6.45, 7) is 3.96. The second kappa shape index (κ2) is 8.66. The number of rotatable bonds is 6. The van der Waals surface area contributed by atoms with Crippen molar-refractivity contribution in [3.8, 4) is 5.75 Å². The first-order valence-corrected chi connectivity index (χ1v) is 9.42. The molecule has 1 aromatic heterocycles. The van der Waals surface area contributed by atoms with Gasteiger partial charge in [-0.3, -0.25) is 4.79 Å². The summed E-state index contributed by atoms with van der Waals surface area (Å²) in [5, 5.41) is 3.02. The lowest BCUT2D eigenvalue weighted by atomic mass is 10.1. The first kappa shape index (κ1) is 20.9. The highest BCUT2D eigenvalue weighted by Gasteiger charge is 2.14. The molecule has 0 saturated carbocycles. The fourth-order valence-corrected chi connectivity index (χ4v) is 3.31. The molecule has 29 heavy (non-hydrogen) atoms. The number of benzene rings is 2. The molecule has 1 N–H and O–H groups in total. The molecule has 4 nitrogen and oxygen atoms in total. The molecule has 1 heterocycles. The number of pyridine rings is 1. The van der Waals surface area contributed by atoms with Crippen LogP contribution in [-0.2, 0) is 13.2 Å². The van der Waals surface area contributed by atoms with Crippen LogP contribution in [0.4, 0.5) is 14.5 Å². The summed E-state index contributed by atoms with van der Waals surface area (Å²) in [4.78, 5) is 12.8. The van der Waals surface area contributed by atoms with Crippen molar-refractivity contribution in [2.45, 2.75) is 27.0 Å². The Labute approximate surface area is 172 Å². The monoisotopic (exact) mass is 418 g/mol. The molecule has 0 aliphatic heterocycles. The Bertz CT molecular complexity index is 1110. The van der Waals surface area contributed by atoms with Gasteiger partial charge in [0.1, 0.15) is 29.0 Å². The largest absolute Gasteiger partial charge is 0.487 e. The SMILES string of the molecule is CNc1ccc(Cn2c(C)cc(OCc3ccc(F)cc3F)c(Cl)c2=O)cc1C. The summed E-state index contributed by atoms with van der Waals surface area (Å²) in [5.41, 5.74) is 3.49. The number of aryl methyl sites for hydroxylation is 2. The molecule has 0 amide bonds. The summed E-state index contributed by atoms with van der Waals surface area (Å²) in [6.07, 6.45) is 0. The zero-order chi connectivity index (χ0) is 21.1. The predicted molar refractivity (Wildman–Crippen MR) is 111 cm³/mol. The number of anilines is 1. The molecule has 0 unspecified atom stereocenters. The van der Waals surface area contributed by atoms with Crippen molar-refractivity contribution in [1.29, 1.82) is 0 Å². The molecule has 3 aromatic rings. The van der Waals surface area contributed by atoms with E-state index in [1.807, 2.05) is 32.2 Å². The lowest BCUT2D eigenvalue weighted by Crippen LogP contribution is -2.24. The van der Waals surface area contributed by atoms with Crippen LogP contribution in [0.3, 0.4) is 0 Å². The molecule has 0 fully saturated rings. The zero-order valence-corrected chi connectivity index (χ0v) is 17.1. The van der Waals surface area contributed by atoms with E-state index >= 15 is 0 Å². The van der Waals surface area contributed by atoms with Gasteiger partial charge in [0.25, 0.3) is 5.56 Å². The van der Waals surface area contributed by atoms with Gasteiger partial charge in [0.15, 0.2) is 0 Å². The number of aromatic nitrogens is 1. The number of hydrogen-bond donors (Lipinski definition) is 1. The molecule has 0 radical (unpaired) electrons. The molecule has 0 bridgehead atoms. The van der Waals surface area contributed by atoms with Crippen molar-refractivity contribution in [1.82, 2.24) is 4.57 Å². The Kier molecular flexibility index (Phi) is 6.23. The Hall–Kier alpha value is -2.86. The molecule has 0 atom stereocenters. The van der Waals surface area contributed by atoms with Gasteiger partial charge in [0, 0.05) is 36.1 Å². The van der Waals surface area contributed by atoms with Crippen molar-refractivity contribution in [2.24, 2.45) is 0 Å². The first-order chi connectivity index (χ1) is 13.8. The maximum Gasteiger partial charge on any atom is 0.273 e. The van der Waals surface area contributed by atoms with E-state index in [9.17, 15) is 13.6 Å². The molecule has 0 spiro atoms. The topological polar surface area (TPSA) is 43.3 Å². The van der Waals surface area contributed by atoms with E-state index in [4.69, 9.17) is 16.3 Å². The van der Waals surface area contributed by atoms with Gasteiger partial charge in [-0.05, 0) is 43.2 Å². The number of halogens is 3. The van der Waals surface area contributed by atoms with Crippen LogP contribution in [-0.4, -0.2) is 11.6 Å². The van der Waals surface area contributed by atoms with E-state index in [1.54, 1.807) is 17.6 Å². The van der Waals surface area contributed by atoms with E-state index in [0.29, 0.717) is 12.2 Å². The van der Waals surface area contributed by atoms with Crippen LogP contribution in [0.25, 0.3) is 0 Å². The fraction of sp³-hybridized carbons (Fsp3) is 0.227. The lowest BCUT2D eigenvalue weighted by molar-refractivity contribution is 0.298. The summed E-state index contributed by atoms with van der Waals surface area (Å²) >= 11 is 6.22. The highest BCUT2D eigenvalue weighted by atomic mass is 35.5. The van der Waals surface area contributed by atoms with Crippen LogP contribution in [0.1, 0.15) is 22.4 Å². The third-order valence-electron chi connectivity index (χ3n) is 4.71. The summed E-state index contributed by atoms with van der Waals surface area (Å²) in [7, 11) is 1.85. The van der Waals surface area contributed by atoms with Crippen LogP contribution in [0.15, 0.2) is 47.3 Å². The van der Waals surface area contributed by atoms with Crippen LogP contribution < -0.4 is 15.6 Å². The van der Waals surface area contributed by atoms with Crippen LogP contribution >= 0.6 is 11.6 Å². The van der Waals surface area contributed by atoms with Gasteiger partial charge in [-0.25, -0.2) is 8.78 Å². The minimum absolute atomic E-state index is 0.0818. The smallest absolute Gasteiger partial charge is 0.273 e. The van der Waals surface area contributed by atoms with E-state index < -0.39 is 17.2 Å². The molecule has 3 rings (SSSR count). The molecular formula is C22H21ClF2N2O2. The van der Waals surface area contributed by atoms with Gasteiger partial charge in [0.05, 0.1) is 6.54 Å². The summed E-state index contributed by atoms with van der Waals surface area (Å²) in [5.74, 6) is -1.22. The standard InChI is InChI=1S/C22H21ClF2N2O2/c1-13-8-15(4-7-19(13)26-3)11-27-14(2)9-20(21(23)22(27)28)29-12-16-5-6-17(24)10-18(16)25/h4-10,26H,11-12H2,1-3H3. The average Bonchev–Trinajstić information content (AvgIpc) is 2.68. The normalized spacial score (nSPS) is 10.8. The second-order valence-electron chi connectivity index (χ2n) is 6.78. The van der Waals surface area contributed by atoms with E-state index in [2.05, 4.69) is 5.32 Å². The number of ether oxygens (including phenoxy) is 1. The predicted octanol–water partition coefficient (Wildman–Crippen LogP) is 5.07. The molecule has 0 aliphatic rings. The third-order valence-corrected chi connectivity index (χ3v) is 5.06. The first-order valence-electron chi connectivity index (χ1n) is 9.04. The number of nitrogens with zero attached hydrogens (tertiary/aromatic N) is 1. The maximum atomic E-state index is 13.8. The fourth-order valence-electron chi connectivity index (χ4n) is 3.10. The van der Waals surface area contributed by atoms with Crippen molar-refractivity contribution in [3.63, 3.8) is 0 Å². The van der Waals surface area contributed by atoms with Crippen molar-refractivity contribution >= 4 is 17.3 Å². The van der Waals surface area contributed by atoms with Gasteiger partial charge in [-0.15, -0.1) is 0 Å². The minimum atomic E-state index is -0.716. The molecule has 0 aliphatic carbocycles. The maximum absolute atomic E-state index is 13.8. The van der Waals surface area contributed by atoms with Crippen molar-refractivity contribution < 1.29 is 13.5 Å². The van der Waals surface area contributed by atoms with Gasteiger partial charge in [-0.2, -0.15) is 0 Å². The minimum Gasteiger partial charge on any atom is -0.487 e. The quantitative estimate of drug-likeness (QED) is 0.608. The highest BCUT2D eigenvalue weighted by molar-refractivity contribution is 6.31. The number of nitrogens with one attached hydrogen (secondary N) is 1. The molecule has 0 saturated heterocycles. The lowest BCUT2D eigenvalue weighted by Gasteiger charge is -2.15. The Morgan fingerprint density at radius 3 is 2.52 bits per heavy atom. The Morgan fingerprint density at radius 2 is 1.86 bits per heavy atom. The molecular weight excluding hydrogens is 398 g/mol. The molecule has 152 valence electrons. The zero-order valence-electron chi connectivity index (χ0n) is 16.4. The second-order valence-corrected chi connectivity index (χ2v) is 7.16. The molecule has 7 heteroatoms. The Morgan fingerprint density at radius 1 is 1.10 bits per heavy atom.